The maximum atomic E-state index is 9.60. The Hall–Kier alpha value is -2.87. The van der Waals surface area contributed by atoms with Crippen molar-refractivity contribution in [3.63, 3.8) is 0 Å². The summed E-state index contributed by atoms with van der Waals surface area (Å²) in [5, 5.41) is 17.8. The molecule has 4 rings (SSSR count). The highest BCUT2D eigenvalue weighted by atomic mass is 16.5. The van der Waals surface area contributed by atoms with E-state index in [1.165, 1.54) is 0 Å². The standard InChI is InChI=1S/C16H16N6O2/c1-24-13-6-3-11(4-7-13)22-15-14(20-21-22)9-17-16(19-15)18-10-2-5-12(23)8-10/h3-4,6-7,9,12,23H,2,5,8H2,1H3. The first-order valence-corrected chi connectivity index (χ1v) is 7.70. The van der Waals surface area contributed by atoms with E-state index in [0.29, 0.717) is 23.5 Å². The van der Waals surface area contributed by atoms with Gasteiger partial charge >= 0.3 is 0 Å². The number of hydrogen-bond donors (Lipinski definition) is 1. The molecule has 2 heterocycles. The number of aromatic nitrogens is 5. The van der Waals surface area contributed by atoms with Gasteiger partial charge in [-0.05, 0) is 37.1 Å². The topological polar surface area (TPSA) is 98.3 Å². The molecule has 0 radical (unpaired) electrons. The number of ether oxygens (including phenoxy) is 1. The quantitative estimate of drug-likeness (QED) is 0.789. The van der Waals surface area contributed by atoms with Gasteiger partial charge in [-0.15, -0.1) is 5.10 Å². The Balaban J connectivity index is 1.73. The minimum atomic E-state index is -0.307. The van der Waals surface area contributed by atoms with Crippen LogP contribution in [-0.2, 0) is 0 Å². The van der Waals surface area contributed by atoms with Gasteiger partial charge in [-0.3, -0.25) is 0 Å². The smallest absolute Gasteiger partial charge is 0.251 e. The van der Waals surface area contributed by atoms with Crippen LogP contribution in [0.25, 0.3) is 16.9 Å². The van der Waals surface area contributed by atoms with Gasteiger partial charge < -0.3 is 9.84 Å². The predicted molar refractivity (Wildman–Crippen MR) is 88.0 cm³/mol. The van der Waals surface area contributed by atoms with Crippen molar-refractivity contribution in [3.05, 3.63) is 30.5 Å². The van der Waals surface area contributed by atoms with Crippen molar-refractivity contribution in [1.82, 2.24) is 25.0 Å². The zero-order valence-corrected chi connectivity index (χ0v) is 13.1. The number of aliphatic imine (C=N–C) groups is 1. The minimum Gasteiger partial charge on any atom is -0.497 e. The van der Waals surface area contributed by atoms with Crippen LogP contribution in [-0.4, -0.2) is 49.0 Å². The first-order chi connectivity index (χ1) is 11.7. The molecule has 0 bridgehead atoms. The van der Waals surface area contributed by atoms with Crippen molar-refractivity contribution >= 4 is 22.8 Å². The number of benzene rings is 1. The van der Waals surface area contributed by atoms with Crippen LogP contribution in [0.3, 0.4) is 0 Å². The summed E-state index contributed by atoms with van der Waals surface area (Å²) in [5.74, 6) is 1.13. The highest BCUT2D eigenvalue weighted by Gasteiger charge is 2.18. The van der Waals surface area contributed by atoms with E-state index in [0.717, 1.165) is 30.0 Å². The summed E-state index contributed by atoms with van der Waals surface area (Å²) in [4.78, 5) is 13.1. The molecule has 1 aromatic carbocycles. The molecule has 1 aliphatic carbocycles. The molecular formula is C16H16N6O2. The summed E-state index contributed by atoms with van der Waals surface area (Å²) in [5.41, 5.74) is 2.94. The highest BCUT2D eigenvalue weighted by molar-refractivity contribution is 5.88. The van der Waals surface area contributed by atoms with E-state index in [1.54, 1.807) is 18.0 Å². The summed E-state index contributed by atoms with van der Waals surface area (Å²) in [6.45, 7) is 0. The van der Waals surface area contributed by atoms with E-state index in [9.17, 15) is 5.11 Å². The van der Waals surface area contributed by atoms with Gasteiger partial charge in [0.05, 0.1) is 25.1 Å². The summed E-state index contributed by atoms with van der Waals surface area (Å²) in [7, 11) is 1.62. The first-order valence-electron chi connectivity index (χ1n) is 7.70. The number of aliphatic hydroxyl groups is 1. The Morgan fingerprint density at radius 2 is 2.12 bits per heavy atom. The number of methoxy groups -OCH3 is 1. The normalized spacial score (nSPS) is 19.2. The Morgan fingerprint density at radius 1 is 1.29 bits per heavy atom. The molecule has 0 spiro atoms. The van der Waals surface area contributed by atoms with Gasteiger partial charge in [-0.1, -0.05) is 5.21 Å². The molecule has 24 heavy (non-hydrogen) atoms. The second-order valence-electron chi connectivity index (χ2n) is 5.65. The van der Waals surface area contributed by atoms with E-state index in [2.05, 4.69) is 25.3 Å². The third-order valence-electron chi connectivity index (χ3n) is 3.99. The van der Waals surface area contributed by atoms with Crippen molar-refractivity contribution < 1.29 is 9.84 Å². The van der Waals surface area contributed by atoms with Crippen molar-refractivity contribution in [1.29, 1.82) is 0 Å². The average molecular weight is 324 g/mol. The van der Waals surface area contributed by atoms with Crippen LogP contribution in [0.15, 0.2) is 35.5 Å². The van der Waals surface area contributed by atoms with Crippen molar-refractivity contribution in [2.75, 3.05) is 7.11 Å². The fourth-order valence-electron chi connectivity index (χ4n) is 2.72. The molecular weight excluding hydrogens is 308 g/mol. The third-order valence-corrected chi connectivity index (χ3v) is 3.99. The van der Waals surface area contributed by atoms with Crippen LogP contribution in [0.2, 0.25) is 0 Å². The lowest BCUT2D eigenvalue weighted by atomic mass is 10.3. The highest BCUT2D eigenvalue weighted by Crippen LogP contribution is 2.21. The number of nitrogens with zero attached hydrogens (tertiary/aromatic N) is 6. The molecule has 1 saturated carbocycles. The zero-order valence-electron chi connectivity index (χ0n) is 13.1. The molecule has 8 nitrogen and oxygen atoms in total. The first kappa shape index (κ1) is 14.7. The lowest BCUT2D eigenvalue weighted by Gasteiger charge is -2.03. The number of fused-ring (bicyclic) bond motifs is 1. The largest absolute Gasteiger partial charge is 0.497 e. The van der Waals surface area contributed by atoms with Crippen LogP contribution in [0, 0.1) is 0 Å². The van der Waals surface area contributed by atoms with Gasteiger partial charge in [0.15, 0.2) is 11.2 Å². The average Bonchev–Trinajstić information content (AvgIpc) is 3.21. The van der Waals surface area contributed by atoms with E-state index in [1.807, 2.05) is 24.3 Å². The lowest BCUT2D eigenvalue weighted by molar-refractivity contribution is 0.188. The van der Waals surface area contributed by atoms with Crippen LogP contribution >= 0.6 is 0 Å². The summed E-state index contributed by atoms with van der Waals surface area (Å²) >= 11 is 0. The molecule has 2 aromatic heterocycles. The second-order valence-corrected chi connectivity index (χ2v) is 5.65. The summed E-state index contributed by atoms with van der Waals surface area (Å²) in [6, 6.07) is 7.47. The SMILES string of the molecule is COc1ccc(-n2nnc3cnc(N=C4CCC(O)C4)nc32)cc1. The molecule has 122 valence electrons. The third kappa shape index (κ3) is 2.71. The van der Waals surface area contributed by atoms with Crippen molar-refractivity contribution in [2.45, 2.75) is 25.4 Å². The lowest BCUT2D eigenvalue weighted by Crippen LogP contribution is -2.00. The fourth-order valence-corrected chi connectivity index (χ4v) is 2.72. The van der Waals surface area contributed by atoms with Crippen LogP contribution < -0.4 is 4.74 Å². The number of aliphatic hydroxyl groups excluding tert-OH is 1. The van der Waals surface area contributed by atoms with Gasteiger partial charge in [0.1, 0.15) is 5.75 Å². The molecule has 1 atom stereocenters. The van der Waals surface area contributed by atoms with E-state index in [-0.39, 0.29) is 6.10 Å². The Kier molecular flexibility index (Phi) is 3.66. The van der Waals surface area contributed by atoms with Crippen LogP contribution in [0.1, 0.15) is 19.3 Å². The van der Waals surface area contributed by atoms with Crippen LogP contribution in [0.4, 0.5) is 5.95 Å². The summed E-state index contributed by atoms with van der Waals surface area (Å²) < 4.78 is 6.81. The number of rotatable bonds is 3. The second kappa shape index (κ2) is 5.97. The molecule has 0 aliphatic heterocycles. The molecule has 1 fully saturated rings. The van der Waals surface area contributed by atoms with Gasteiger partial charge in [0, 0.05) is 12.1 Å². The maximum absolute atomic E-state index is 9.60. The maximum Gasteiger partial charge on any atom is 0.251 e. The van der Waals surface area contributed by atoms with Crippen LogP contribution in [0.5, 0.6) is 5.75 Å². The molecule has 0 saturated heterocycles. The van der Waals surface area contributed by atoms with Gasteiger partial charge in [0.2, 0.25) is 0 Å². The van der Waals surface area contributed by atoms with E-state index < -0.39 is 0 Å². The van der Waals surface area contributed by atoms with Gasteiger partial charge in [0.25, 0.3) is 5.95 Å². The van der Waals surface area contributed by atoms with Crippen molar-refractivity contribution in [3.8, 4) is 11.4 Å². The zero-order chi connectivity index (χ0) is 16.5. The number of hydrogen-bond acceptors (Lipinski definition) is 7. The van der Waals surface area contributed by atoms with E-state index >= 15 is 0 Å². The molecule has 1 unspecified atom stereocenters. The molecule has 0 amide bonds. The van der Waals surface area contributed by atoms with Crippen molar-refractivity contribution in [2.24, 2.45) is 4.99 Å². The molecule has 1 aliphatic rings. The monoisotopic (exact) mass is 324 g/mol. The molecule has 1 N–H and O–H groups in total. The summed E-state index contributed by atoms with van der Waals surface area (Å²) in [6.07, 6.45) is 3.40. The minimum absolute atomic E-state index is 0.307. The fraction of sp³-hybridized carbons (Fsp3) is 0.312. The van der Waals surface area contributed by atoms with Gasteiger partial charge in [-0.2, -0.15) is 9.67 Å². The van der Waals surface area contributed by atoms with E-state index in [4.69, 9.17) is 4.74 Å². The Bertz CT molecular complexity index is 903. The Labute approximate surface area is 137 Å². The molecule has 8 heteroatoms. The molecule has 3 aromatic rings. The van der Waals surface area contributed by atoms with Gasteiger partial charge in [-0.25, -0.2) is 9.98 Å². The predicted octanol–water partition coefficient (Wildman–Crippen LogP) is 1.84. The Morgan fingerprint density at radius 3 is 2.83 bits per heavy atom.